The second kappa shape index (κ2) is 7.97. The predicted molar refractivity (Wildman–Crippen MR) is 129 cm³/mol. The Morgan fingerprint density at radius 1 is 0.581 bits per heavy atom. The van der Waals surface area contributed by atoms with E-state index in [1.807, 2.05) is 0 Å². The van der Waals surface area contributed by atoms with Crippen molar-refractivity contribution < 1.29 is 66.3 Å². The number of rotatable bonds is 1. The molecule has 1 fully saturated rings. The van der Waals surface area contributed by atoms with Crippen molar-refractivity contribution in [3.8, 4) is 0 Å². The molecule has 0 radical (unpaired) electrons. The van der Waals surface area contributed by atoms with E-state index < -0.39 is 76.5 Å². The molecule has 0 aliphatic carbocycles. The summed E-state index contributed by atoms with van der Waals surface area (Å²) in [6.07, 6.45) is -29.0. The molecule has 3 aromatic rings. The summed E-state index contributed by atoms with van der Waals surface area (Å²) in [6, 6.07) is 9.59. The molecule has 0 amide bonds. The Labute approximate surface area is 238 Å². The number of fused-ring (bicyclic) bond motifs is 2. The van der Waals surface area contributed by atoms with Crippen LogP contribution in [0.25, 0.3) is 0 Å². The summed E-state index contributed by atoms with van der Waals surface area (Å²) in [5.41, 5.74) is -14.5. The molecule has 0 saturated carbocycles. The zero-order valence-corrected chi connectivity index (χ0v) is 22.4. The molecule has 3 nitrogen and oxygen atoms in total. The summed E-state index contributed by atoms with van der Waals surface area (Å²) >= 11 is 5.85. The summed E-state index contributed by atoms with van der Waals surface area (Å²) in [7, 11) is 0. The van der Waals surface area contributed by atoms with Gasteiger partial charge in [0.25, 0.3) is 0 Å². The van der Waals surface area contributed by atoms with Crippen LogP contribution < -0.4 is 10.6 Å². The van der Waals surface area contributed by atoms with Crippen LogP contribution in [0.5, 0.6) is 0 Å². The van der Waals surface area contributed by atoms with Gasteiger partial charge in [0.05, 0.1) is 0 Å². The molecule has 3 aliphatic rings. The molecule has 1 saturated heterocycles. The third kappa shape index (κ3) is 3.20. The molecule has 234 valence electrons. The van der Waals surface area contributed by atoms with Crippen molar-refractivity contribution >= 4 is 28.8 Å². The van der Waals surface area contributed by atoms with Gasteiger partial charge in [-0.25, -0.2) is 0 Å². The van der Waals surface area contributed by atoms with Crippen LogP contribution in [0, 0.1) is 0 Å². The van der Waals surface area contributed by atoms with E-state index in [1.165, 1.54) is 24.3 Å². The first-order valence-electron chi connectivity index (χ1n) is 12.1. The van der Waals surface area contributed by atoms with Crippen LogP contribution in [0.15, 0.2) is 72.8 Å². The maximum absolute atomic E-state index is 14.8. The Balaban J connectivity index is 1.82. The quantitative estimate of drug-likeness (QED) is 0.192. The second-order valence-corrected chi connectivity index (χ2v) is 16.0. The van der Waals surface area contributed by atoms with Crippen LogP contribution in [-0.4, -0.2) is 30.9 Å². The first kappa shape index (κ1) is 30.4. The van der Waals surface area contributed by atoms with Gasteiger partial charge in [0.15, 0.2) is 0 Å². The number of hydrogen-bond donors (Lipinski definition) is 0. The molecule has 3 heterocycles. The SMILES string of the molecule is FC(F)(F)C1(C(F)(F)F)O[P-]23(CC(c4ccc(Cl)cc4)O2)(OC(C(F)(F)F)(C(F)(F)F)c2ccccc23)c2ccccc21. The molecule has 3 aromatic carbocycles. The van der Waals surface area contributed by atoms with Crippen molar-refractivity contribution in [3.05, 3.63) is 94.5 Å². The fraction of sp³-hybridized carbons (Fsp3) is 0.308. The zero-order valence-electron chi connectivity index (χ0n) is 20.8. The standard InChI is InChI=1S/C26H15ClF12O3P/c27-15-11-9-14(10-12-15)18-13-43(40-18,19-7-3-1-5-16(19)21(41-43,23(28,29)30)24(31,32)33)20-8-4-2-6-17(20)22(42-43,25(34,35)36)26(37,38)39/h1-12,18H,13H2/q-1. The van der Waals surface area contributed by atoms with Crippen molar-refractivity contribution in [2.75, 3.05) is 6.16 Å². The van der Waals surface area contributed by atoms with Gasteiger partial charge in [-0.05, 0) is 0 Å². The van der Waals surface area contributed by atoms with Crippen LogP contribution in [0.2, 0.25) is 5.02 Å². The van der Waals surface area contributed by atoms with Crippen molar-refractivity contribution in [1.82, 2.24) is 0 Å². The molecule has 1 atom stereocenters. The van der Waals surface area contributed by atoms with Crippen LogP contribution in [-0.2, 0) is 24.8 Å². The minimum absolute atomic E-state index is 0.0363. The van der Waals surface area contributed by atoms with E-state index in [-0.39, 0.29) is 22.7 Å². The van der Waals surface area contributed by atoms with Gasteiger partial charge in [-0.2, -0.15) is 0 Å². The molecular formula is C26H15ClF12O3P-. The first-order chi connectivity index (χ1) is 19.6. The maximum atomic E-state index is 14.8. The predicted octanol–water partition coefficient (Wildman–Crippen LogP) is 8.60. The third-order valence-electron chi connectivity index (χ3n) is 8.28. The fourth-order valence-corrected chi connectivity index (χ4v) is 14.6. The monoisotopic (exact) mass is 669 g/mol. The summed E-state index contributed by atoms with van der Waals surface area (Å²) in [6.45, 7) is -7.90. The summed E-state index contributed by atoms with van der Waals surface area (Å²) in [5, 5.41) is -2.56. The van der Waals surface area contributed by atoms with E-state index in [2.05, 4.69) is 0 Å². The van der Waals surface area contributed by atoms with Crippen LogP contribution in [0.1, 0.15) is 22.8 Å². The molecule has 1 unspecified atom stereocenters. The van der Waals surface area contributed by atoms with Gasteiger partial charge in [-0.1, -0.05) is 0 Å². The third-order valence-corrected chi connectivity index (χ3v) is 15.1. The summed E-state index contributed by atoms with van der Waals surface area (Å²) in [5.74, 6) is 0. The van der Waals surface area contributed by atoms with E-state index in [9.17, 15) is 52.7 Å². The molecule has 3 aliphatic heterocycles. The zero-order chi connectivity index (χ0) is 31.8. The number of halogens is 13. The summed E-state index contributed by atoms with van der Waals surface area (Å²) in [4.78, 5) is 0. The molecule has 0 aromatic heterocycles. The van der Waals surface area contributed by atoms with Crippen LogP contribution >= 0.6 is 18.2 Å². The first-order valence-corrected chi connectivity index (χ1v) is 15.1. The molecule has 43 heavy (non-hydrogen) atoms. The van der Waals surface area contributed by atoms with E-state index in [0.29, 0.717) is 24.3 Å². The van der Waals surface area contributed by atoms with Gasteiger partial charge >= 0.3 is 238 Å². The Bertz CT molecular complexity index is 1530. The number of alkyl halides is 12. The van der Waals surface area contributed by atoms with E-state index in [0.717, 1.165) is 12.1 Å². The van der Waals surface area contributed by atoms with Gasteiger partial charge in [-0.3, -0.25) is 0 Å². The summed E-state index contributed by atoms with van der Waals surface area (Å²) < 4.78 is 194. The van der Waals surface area contributed by atoms with Gasteiger partial charge < -0.3 is 0 Å². The number of benzene rings is 3. The van der Waals surface area contributed by atoms with Crippen molar-refractivity contribution in [3.63, 3.8) is 0 Å². The van der Waals surface area contributed by atoms with Gasteiger partial charge in [-0.15, -0.1) is 0 Å². The molecule has 0 bridgehead atoms. The number of hydrogen-bond acceptors (Lipinski definition) is 3. The van der Waals surface area contributed by atoms with Crippen LogP contribution in [0.4, 0.5) is 52.7 Å². The van der Waals surface area contributed by atoms with Crippen molar-refractivity contribution in [2.45, 2.75) is 42.0 Å². The molecule has 1 spiro atoms. The van der Waals surface area contributed by atoms with E-state index in [1.54, 1.807) is 0 Å². The molecule has 6 rings (SSSR count). The van der Waals surface area contributed by atoms with E-state index in [4.69, 9.17) is 25.2 Å². The van der Waals surface area contributed by atoms with Gasteiger partial charge in [0.1, 0.15) is 0 Å². The van der Waals surface area contributed by atoms with Gasteiger partial charge in [0.2, 0.25) is 0 Å². The Kier molecular flexibility index (Phi) is 5.65. The molecular weight excluding hydrogens is 655 g/mol. The van der Waals surface area contributed by atoms with Crippen LogP contribution in [0.3, 0.4) is 0 Å². The second-order valence-electron chi connectivity index (χ2n) is 10.5. The fourth-order valence-electron chi connectivity index (χ4n) is 6.72. The topological polar surface area (TPSA) is 27.7 Å². The molecule has 0 N–H and O–H groups in total. The minimum atomic E-state index is -7.90. The normalized spacial score (nSPS) is 26.0. The molecule has 17 heteroatoms. The average Bonchev–Trinajstić information content (AvgIpc) is 3.30. The van der Waals surface area contributed by atoms with E-state index >= 15 is 0 Å². The Hall–Kier alpha value is -2.58. The Morgan fingerprint density at radius 2 is 0.930 bits per heavy atom. The average molecular weight is 670 g/mol. The Morgan fingerprint density at radius 3 is 1.28 bits per heavy atom. The van der Waals surface area contributed by atoms with Crippen molar-refractivity contribution in [1.29, 1.82) is 0 Å². The van der Waals surface area contributed by atoms with Gasteiger partial charge in [0, 0.05) is 0 Å². The van der Waals surface area contributed by atoms with Crippen molar-refractivity contribution in [2.24, 2.45) is 0 Å².